The number of aromatic hydroxyl groups is 1. The van der Waals surface area contributed by atoms with Gasteiger partial charge in [0, 0.05) is 36.4 Å². The van der Waals surface area contributed by atoms with Crippen LogP contribution in [0.3, 0.4) is 0 Å². The van der Waals surface area contributed by atoms with Crippen LogP contribution in [0.2, 0.25) is 0 Å². The SMILES string of the molecule is C=C1C=Cc2c([C@@H](O)CNC(C)Cc3ccc4c(c3)oc(=O)n4CCCN(C)C3CC[CH]CC3)ccc(O)c2N1. The van der Waals surface area contributed by atoms with Gasteiger partial charge in [0.15, 0.2) is 5.58 Å². The highest BCUT2D eigenvalue weighted by Gasteiger charge is 2.21. The first-order chi connectivity index (χ1) is 19.3. The molecule has 2 heterocycles. The van der Waals surface area contributed by atoms with Gasteiger partial charge in [0.25, 0.3) is 0 Å². The highest BCUT2D eigenvalue weighted by molar-refractivity contribution is 5.81. The lowest BCUT2D eigenvalue weighted by Gasteiger charge is -2.31. The van der Waals surface area contributed by atoms with Crippen LogP contribution in [0.1, 0.15) is 61.8 Å². The highest BCUT2D eigenvalue weighted by Crippen LogP contribution is 2.37. The number of hydrogen-bond acceptors (Lipinski definition) is 7. The maximum atomic E-state index is 12.6. The zero-order valence-corrected chi connectivity index (χ0v) is 23.5. The number of rotatable bonds is 11. The number of anilines is 1. The molecular formula is C32H41N4O4. The van der Waals surface area contributed by atoms with Gasteiger partial charge in [-0.2, -0.15) is 0 Å². The van der Waals surface area contributed by atoms with Crippen molar-refractivity contribution in [3.63, 3.8) is 0 Å². The van der Waals surface area contributed by atoms with E-state index in [-0.39, 0.29) is 17.5 Å². The molecule has 1 saturated carbocycles. The molecule has 2 aliphatic rings. The fourth-order valence-corrected chi connectivity index (χ4v) is 5.92. The summed E-state index contributed by atoms with van der Waals surface area (Å²) < 4.78 is 7.36. The first-order valence-electron chi connectivity index (χ1n) is 14.4. The van der Waals surface area contributed by atoms with Gasteiger partial charge < -0.3 is 30.2 Å². The summed E-state index contributed by atoms with van der Waals surface area (Å²) in [6, 6.07) is 10.0. The summed E-state index contributed by atoms with van der Waals surface area (Å²) >= 11 is 0. The Balaban J connectivity index is 1.16. The van der Waals surface area contributed by atoms with Crippen molar-refractivity contribution in [3.8, 4) is 5.75 Å². The van der Waals surface area contributed by atoms with Gasteiger partial charge in [0.05, 0.1) is 17.3 Å². The number of aromatic nitrogens is 1. The number of hydrogen-bond donors (Lipinski definition) is 4. The number of oxazole rings is 1. The lowest BCUT2D eigenvalue weighted by Crippen LogP contribution is -2.34. The Morgan fingerprint density at radius 2 is 2.02 bits per heavy atom. The Hall–Kier alpha value is -3.33. The topological polar surface area (TPSA) is 103 Å². The van der Waals surface area contributed by atoms with E-state index in [1.807, 2.05) is 30.4 Å². The van der Waals surface area contributed by atoms with E-state index >= 15 is 0 Å². The van der Waals surface area contributed by atoms with Crippen molar-refractivity contribution in [2.24, 2.45) is 0 Å². The van der Waals surface area contributed by atoms with Crippen LogP contribution in [0.25, 0.3) is 17.2 Å². The molecule has 8 heteroatoms. The molecule has 1 radical (unpaired) electrons. The zero-order valence-electron chi connectivity index (χ0n) is 23.5. The molecule has 0 bridgehead atoms. The van der Waals surface area contributed by atoms with Crippen molar-refractivity contribution in [3.05, 3.63) is 82.3 Å². The van der Waals surface area contributed by atoms with Crippen LogP contribution in [-0.4, -0.2) is 51.9 Å². The highest BCUT2D eigenvalue weighted by atomic mass is 16.4. The average Bonchev–Trinajstić information content (AvgIpc) is 3.26. The molecule has 2 aromatic carbocycles. The number of aliphatic hydroxyl groups excluding tert-OH is 1. The fourth-order valence-electron chi connectivity index (χ4n) is 5.92. The number of phenols is 1. The van der Waals surface area contributed by atoms with Crippen LogP contribution in [0, 0.1) is 6.42 Å². The van der Waals surface area contributed by atoms with Crippen LogP contribution in [0.4, 0.5) is 5.69 Å². The van der Waals surface area contributed by atoms with Gasteiger partial charge >= 0.3 is 5.76 Å². The molecule has 8 nitrogen and oxygen atoms in total. The van der Waals surface area contributed by atoms with Gasteiger partial charge in [-0.3, -0.25) is 4.57 Å². The summed E-state index contributed by atoms with van der Waals surface area (Å²) in [5.74, 6) is -0.181. The Kier molecular flexibility index (Phi) is 8.78. The van der Waals surface area contributed by atoms with E-state index in [2.05, 4.69) is 42.5 Å². The first kappa shape index (κ1) is 28.2. The van der Waals surface area contributed by atoms with Gasteiger partial charge in [-0.1, -0.05) is 24.8 Å². The smallest absolute Gasteiger partial charge is 0.419 e. The van der Waals surface area contributed by atoms with Crippen LogP contribution in [0.15, 0.2) is 57.9 Å². The Labute approximate surface area is 236 Å². The maximum absolute atomic E-state index is 12.6. The van der Waals surface area contributed by atoms with Crippen LogP contribution in [-0.2, 0) is 13.0 Å². The van der Waals surface area contributed by atoms with Gasteiger partial charge in [-0.25, -0.2) is 4.79 Å². The Morgan fingerprint density at radius 1 is 1.23 bits per heavy atom. The molecule has 40 heavy (non-hydrogen) atoms. The molecule has 5 rings (SSSR count). The Morgan fingerprint density at radius 3 is 2.83 bits per heavy atom. The molecule has 2 atom stereocenters. The van der Waals surface area contributed by atoms with Crippen molar-refractivity contribution < 1.29 is 14.6 Å². The fraction of sp³-hybridized carbons (Fsp3) is 0.438. The van der Waals surface area contributed by atoms with Crippen LogP contribution >= 0.6 is 0 Å². The zero-order chi connectivity index (χ0) is 28.2. The minimum absolute atomic E-state index is 0.0789. The lowest BCUT2D eigenvalue weighted by molar-refractivity contribution is 0.170. The normalized spacial score (nSPS) is 17.2. The summed E-state index contributed by atoms with van der Waals surface area (Å²) in [5.41, 5.74) is 5.25. The number of nitrogens with zero attached hydrogens (tertiary/aromatic N) is 2. The minimum Gasteiger partial charge on any atom is -0.506 e. The van der Waals surface area contributed by atoms with Crippen molar-refractivity contribution >= 4 is 22.9 Å². The van der Waals surface area contributed by atoms with Gasteiger partial charge in [0.1, 0.15) is 5.75 Å². The third-order valence-electron chi connectivity index (χ3n) is 8.21. The molecule has 0 amide bonds. The summed E-state index contributed by atoms with van der Waals surface area (Å²) in [6.07, 6.45) is 11.8. The third-order valence-corrected chi connectivity index (χ3v) is 8.21. The molecule has 1 fully saturated rings. The van der Waals surface area contributed by atoms with E-state index in [1.165, 1.54) is 25.7 Å². The van der Waals surface area contributed by atoms with Crippen molar-refractivity contribution in [1.29, 1.82) is 0 Å². The number of aliphatic hydroxyl groups is 1. The molecule has 1 unspecified atom stereocenters. The number of fused-ring (bicyclic) bond motifs is 2. The third kappa shape index (κ3) is 6.35. The lowest BCUT2D eigenvalue weighted by atomic mass is 9.94. The van der Waals surface area contributed by atoms with E-state index < -0.39 is 6.10 Å². The second-order valence-electron chi connectivity index (χ2n) is 11.2. The number of nitrogens with one attached hydrogen (secondary N) is 2. The maximum Gasteiger partial charge on any atom is 0.419 e. The van der Waals surface area contributed by atoms with E-state index in [9.17, 15) is 15.0 Å². The van der Waals surface area contributed by atoms with Crippen molar-refractivity contribution in [2.75, 3.05) is 25.5 Å². The number of phenolic OH excluding ortho intramolecular Hbond substituents is 1. The number of benzene rings is 2. The largest absolute Gasteiger partial charge is 0.506 e. The molecule has 1 aliphatic heterocycles. The molecule has 1 aliphatic carbocycles. The standard InChI is InChI=1S/C32H41N4O4/c1-21-10-12-26-25(13-15-28(37)31(26)34-21)29(38)20-33-22(2)18-23-11-14-27-30(19-23)40-32(39)36(27)17-7-16-35(3)24-8-5-4-6-9-24/h4,10-15,19,22,24,29,33-34,37-38H,1,5-9,16-18,20H2,2-3H3/t22?,29-/m0/s1. The predicted molar refractivity (Wildman–Crippen MR) is 160 cm³/mol. The average molecular weight is 546 g/mol. The van der Waals surface area contributed by atoms with Crippen molar-refractivity contribution in [2.45, 2.75) is 70.2 Å². The number of aryl methyl sites for hydroxylation is 1. The van der Waals surface area contributed by atoms with E-state index in [0.29, 0.717) is 36.1 Å². The minimum atomic E-state index is -0.750. The first-order valence-corrected chi connectivity index (χ1v) is 14.4. The molecular weight excluding hydrogens is 504 g/mol. The summed E-state index contributed by atoms with van der Waals surface area (Å²) in [4.78, 5) is 15.0. The molecule has 213 valence electrons. The van der Waals surface area contributed by atoms with E-state index in [4.69, 9.17) is 4.42 Å². The predicted octanol–water partition coefficient (Wildman–Crippen LogP) is 4.98. The molecule has 3 aromatic rings. The van der Waals surface area contributed by atoms with Gasteiger partial charge in [-0.05, 0) is 101 Å². The quantitative estimate of drug-likeness (QED) is 0.252. The molecule has 4 N–H and O–H groups in total. The summed E-state index contributed by atoms with van der Waals surface area (Å²) in [5, 5.41) is 27.6. The van der Waals surface area contributed by atoms with E-state index in [1.54, 1.807) is 16.7 Å². The van der Waals surface area contributed by atoms with Crippen LogP contribution < -0.4 is 16.4 Å². The second-order valence-corrected chi connectivity index (χ2v) is 11.2. The summed E-state index contributed by atoms with van der Waals surface area (Å²) in [6.45, 7) is 7.91. The monoisotopic (exact) mass is 545 g/mol. The molecule has 0 spiro atoms. The van der Waals surface area contributed by atoms with Crippen LogP contribution in [0.5, 0.6) is 5.75 Å². The van der Waals surface area contributed by atoms with E-state index in [0.717, 1.165) is 41.6 Å². The number of allylic oxidation sites excluding steroid dienone is 1. The molecule has 0 saturated heterocycles. The second kappa shape index (κ2) is 12.5. The van der Waals surface area contributed by atoms with Gasteiger partial charge in [0.2, 0.25) is 0 Å². The van der Waals surface area contributed by atoms with Crippen molar-refractivity contribution in [1.82, 2.24) is 14.8 Å². The summed E-state index contributed by atoms with van der Waals surface area (Å²) in [7, 11) is 2.19. The van der Waals surface area contributed by atoms with Gasteiger partial charge in [-0.15, -0.1) is 0 Å². The Bertz CT molecular complexity index is 1430. The molecule has 1 aromatic heterocycles.